The first kappa shape index (κ1) is 15.3. The summed E-state index contributed by atoms with van der Waals surface area (Å²) in [6.07, 6.45) is 6.29. The van der Waals surface area contributed by atoms with Crippen LogP contribution >= 0.6 is 11.6 Å². The van der Waals surface area contributed by atoms with Crippen LogP contribution in [0.15, 0.2) is 18.2 Å². The maximum Gasteiger partial charge on any atom is 0.146 e. The third kappa shape index (κ3) is 3.41. The van der Waals surface area contributed by atoms with Crippen molar-refractivity contribution in [2.24, 2.45) is 5.92 Å². The van der Waals surface area contributed by atoms with Gasteiger partial charge in [-0.2, -0.15) is 0 Å². The number of hydrogen-bond acceptors (Lipinski definition) is 2. The van der Waals surface area contributed by atoms with Crippen LogP contribution in [-0.2, 0) is 0 Å². The molecule has 4 heteroatoms. The van der Waals surface area contributed by atoms with Gasteiger partial charge in [0, 0.05) is 37.8 Å². The van der Waals surface area contributed by atoms with Gasteiger partial charge in [0.25, 0.3) is 0 Å². The van der Waals surface area contributed by atoms with Crippen molar-refractivity contribution in [2.75, 3.05) is 26.2 Å². The minimum absolute atomic E-state index is 0.186. The Morgan fingerprint density at radius 2 is 1.86 bits per heavy atom. The van der Waals surface area contributed by atoms with E-state index in [-0.39, 0.29) is 16.9 Å². The maximum absolute atomic E-state index is 14.6. The first-order valence-corrected chi connectivity index (χ1v) is 8.54. The number of benzene rings is 1. The number of halogens is 2. The molecule has 0 radical (unpaired) electrons. The van der Waals surface area contributed by atoms with Crippen LogP contribution in [0.5, 0.6) is 0 Å². The quantitative estimate of drug-likeness (QED) is 0.907. The van der Waals surface area contributed by atoms with Crippen molar-refractivity contribution in [3.05, 3.63) is 34.6 Å². The summed E-state index contributed by atoms with van der Waals surface area (Å²) in [6, 6.07) is 5.66. The molecule has 0 unspecified atom stereocenters. The maximum atomic E-state index is 14.6. The molecule has 21 heavy (non-hydrogen) atoms. The molecular weight excluding hydrogens is 287 g/mol. The van der Waals surface area contributed by atoms with Gasteiger partial charge in [0.05, 0.1) is 5.02 Å². The molecule has 1 heterocycles. The second-order valence-electron chi connectivity index (χ2n) is 6.27. The Bertz CT molecular complexity index is 450. The molecule has 1 N–H and O–H groups in total. The van der Waals surface area contributed by atoms with Gasteiger partial charge in [-0.1, -0.05) is 43.0 Å². The smallest absolute Gasteiger partial charge is 0.146 e. The molecule has 1 saturated heterocycles. The van der Waals surface area contributed by atoms with Crippen LogP contribution < -0.4 is 5.32 Å². The molecular formula is C17H24ClFN2. The van der Waals surface area contributed by atoms with Gasteiger partial charge < -0.3 is 5.32 Å². The van der Waals surface area contributed by atoms with Gasteiger partial charge in [0.2, 0.25) is 0 Å². The van der Waals surface area contributed by atoms with E-state index in [1.807, 2.05) is 12.1 Å². The van der Waals surface area contributed by atoms with Crippen molar-refractivity contribution in [3.63, 3.8) is 0 Å². The molecule has 1 aliphatic heterocycles. The van der Waals surface area contributed by atoms with Crippen LogP contribution in [0.25, 0.3) is 0 Å². The highest BCUT2D eigenvalue weighted by molar-refractivity contribution is 6.30. The van der Waals surface area contributed by atoms with E-state index in [1.165, 1.54) is 32.1 Å². The highest BCUT2D eigenvalue weighted by Gasteiger charge is 2.32. The van der Waals surface area contributed by atoms with Crippen molar-refractivity contribution in [1.29, 1.82) is 0 Å². The highest BCUT2D eigenvalue weighted by atomic mass is 35.5. The summed E-state index contributed by atoms with van der Waals surface area (Å²) in [4.78, 5) is 2.46. The number of rotatable bonds is 3. The Morgan fingerprint density at radius 3 is 2.57 bits per heavy atom. The number of nitrogens with zero attached hydrogens (tertiary/aromatic N) is 1. The summed E-state index contributed by atoms with van der Waals surface area (Å²) < 4.78 is 14.6. The fraction of sp³-hybridized carbons (Fsp3) is 0.647. The Morgan fingerprint density at radius 1 is 1.14 bits per heavy atom. The first-order chi connectivity index (χ1) is 10.3. The molecule has 1 aromatic carbocycles. The third-order valence-electron chi connectivity index (χ3n) is 4.94. The van der Waals surface area contributed by atoms with Crippen molar-refractivity contribution >= 4 is 11.6 Å². The van der Waals surface area contributed by atoms with E-state index in [2.05, 4.69) is 10.2 Å². The third-order valence-corrected chi connectivity index (χ3v) is 5.23. The lowest BCUT2D eigenvalue weighted by Gasteiger charge is -2.41. The predicted molar refractivity (Wildman–Crippen MR) is 85.2 cm³/mol. The minimum Gasteiger partial charge on any atom is -0.314 e. The summed E-state index contributed by atoms with van der Waals surface area (Å²) in [5.41, 5.74) is 0.802. The largest absolute Gasteiger partial charge is 0.314 e. The molecule has 0 bridgehead atoms. The Hall–Kier alpha value is -0.640. The molecule has 0 aromatic heterocycles. The molecule has 2 nitrogen and oxygen atoms in total. The molecule has 2 aliphatic rings. The van der Waals surface area contributed by atoms with E-state index in [1.54, 1.807) is 6.07 Å². The van der Waals surface area contributed by atoms with E-state index >= 15 is 0 Å². The molecule has 0 amide bonds. The average molecular weight is 311 g/mol. The van der Waals surface area contributed by atoms with Crippen molar-refractivity contribution in [2.45, 2.75) is 38.1 Å². The molecule has 1 atom stereocenters. The van der Waals surface area contributed by atoms with Crippen LogP contribution in [0, 0.1) is 11.7 Å². The van der Waals surface area contributed by atoms with Gasteiger partial charge in [0.15, 0.2) is 0 Å². The van der Waals surface area contributed by atoms with Gasteiger partial charge in [-0.25, -0.2) is 4.39 Å². The summed E-state index contributed by atoms with van der Waals surface area (Å²) in [6.45, 7) is 3.97. The van der Waals surface area contributed by atoms with E-state index < -0.39 is 0 Å². The van der Waals surface area contributed by atoms with E-state index in [0.717, 1.165) is 31.7 Å². The molecule has 1 aliphatic carbocycles. The molecule has 3 rings (SSSR count). The topological polar surface area (TPSA) is 15.3 Å². The lowest BCUT2D eigenvalue weighted by Crippen LogP contribution is -2.47. The molecule has 2 fully saturated rings. The summed E-state index contributed by atoms with van der Waals surface area (Å²) >= 11 is 6.03. The average Bonchev–Trinajstić information content (AvgIpc) is 2.54. The van der Waals surface area contributed by atoms with E-state index in [9.17, 15) is 4.39 Å². The van der Waals surface area contributed by atoms with Crippen molar-refractivity contribution in [3.8, 4) is 0 Å². The van der Waals surface area contributed by atoms with E-state index in [0.29, 0.717) is 5.92 Å². The highest BCUT2D eigenvalue weighted by Crippen LogP contribution is 2.40. The summed E-state index contributed by atoms with van der Waals surface area (Å²) in [7, 11) is 0. The summed E-state index contributed by atoms with van der Waals surface area (Å²) in [5, 5.41) is 3.64. The lowest BCUT2D eigenvalue weighted by atomic mass is 9.80. The zero-order chi connectivity index (χ0) is 14.7. The Balaban J connectivity index is 1.91. The van der Waals surface area contributed by atoms with Crippen LogP contribution in [0.3, 0.4) is 0 Å². The molecule has 0 spiro atoms. The van der Waals surface area contributed by atoms with Gasteiger partial charge in [-0.3, -0.25) is 4.90 Å². The monoisotopic (exact) mass is 310 g/mol. The first-order valence-electron chi connectivity index (χ1n) is 8.16. The number of piperazine rings is 1. The van der Waals surface area contributed by atoms with Gasteiger partial charge in [0.1, 0.15) is 5.82 Å². The molecule has 1 saturated carbocycles. The predicted octanol–water partition coefficient (Wildman–Crippen LogP) is 4.01. The Labute approximate surface area is 131 Å². The standard InChI is InChI=1S/C17H24ClFN2/c18-15-8-4-7-14(16(15)19)17(13-5-2-1-3-6-13)21-11-9-20-10-12-21/h4,7-8,13,17,20H,1-3,5-6,9-12H2/t17-/m1/s1. The van der Waals surface area contributed by atoms with Crippen LogP contribution in [0.4, 0.5) is 4.39 Å². The van der Waals surface area contributed by atoms with Crippen LogP contribution in [0.2, 0.25) is 5.02 Å². The normalized spacial score (nSPS) is 23.1. The Kier molecular flexibility index (Phi) is 5.15. The zero-order valence-corrected chi connectivity index (χ0v) is 13.2. The van der Waals surface area contributed by atoms with Gasteiger partial charge in [-0.05, 0) is 24.8 Å². The second-order valence-corrected chi connectivity index (χ2v) is 6.68. The van der Waals surface area contributed by atoms with Crippen LogP contribution in [-0.4, -0.2) is 31.1 Å². The molecule has 116 valence electrons. The fourth-order valence-corrected chi connectivity index (χ4v) is 4.09. The zero-order valence-electron chi connectivity index (χ0n) is 12.5. The minimum atomic E-state index is -0.215. The second kappa shape index (κ2) is 7.08. The van der Waals surface area contributed by atoms with Gasteiger partial charge in [-0.15, -0.1) is 0 Å². The number of nitrogens with one attached hydrogen (secondary N) is 1. The van der Waals surface area contributed by atoms with Crippen LogP contribution in [0.1, 0.15) is 43.7 Å². The van der Waals surface area contributed by atoms with Crippen molar-refractivity contribution in [1.82, 2.24) is 10.2 Å². The number of hydrogen-bond donors (Lipinski definition) is 1. The van der Waals surface area contributed by atoms with Gasteiger partial charge >= 0.3 is 0 Å². The summed E-state index contributed by atoms with van der Waals surface area (Å²) in [5.74, 6) is 0.345. The fourth-order valence-electron chi connectivity index (χ4n) is 3.91. The molecule has 1 aromatic rings. The van der Waals surface area contributed by atoms with E-state index in [4.69, 9.17) is 11.6 Å². The lowest BCUT2D eigenvalue weighted by molar-refractivity contribution is 0.101. The SMILES string of the molecule is Fc1c(Cl)cccc1[C@@H](C1CCCCC1)N1CCNCC1. The van der Waals surface area contributed by atoms with Crippen molar-refractivity contribution < 1.29 is 4.39 Å².